The Bertz CT molecular complexity index is 272. The van der Waals surface area contributed by atoms with Crippen LogP contribution in [0, 0.1) is 5.92 Å². The van der Waals surface area contributed by atoms with Crippen molar-refractivity contribution in [2.75, 3.05) is 11.5 Å². The molecule has 1 fully saturated rings. The normalized spacial score (nSPS) is 28.1. The molecule has 84 valence electrons. The van der Waals surface area contributed by atoms with Crippen LogP contribution in [-0.4, -0.2) is 32.0 Å². The molecule has 1 aliphatic rings. The first-order chi connectivity index (χ1) is 6.44. The Labute approximate surface area is 87.2 Å². The third kappa shape index (κ3) is 3.24. The first-order valence-corrected chi connectivity index (χ1v) is 7.23. The number of nitrogens with one attached hydrogen (secondary N) is 1. The van der Waals surface area contributed by atoms with E-state index in [9.17, 15) is 8.42 Å². The number of hydrogen-bond acceptors (Lipinski definition) is 3. The molecule has 1 rings (SSSR count). The summed E-state index contributed by atoms with van der Waals surface area (Å²) in [5.41, 5.74) is 0. The highest BCUT2D eigenvalue weighted by Crippen LogP contribution is 2.15. The smallest absolute Gasteiger partial charge is 0.151 e. The van der Waals surface area contributed by atoms with E-state index in [1.807, 2.05) is 0 Å². The Kier molecular flexibility index (Phi) is 3.95. The molecule has 0 aromatic carbocycles. The minimum Gasteiger partial charge on any atom is -0.310 e. The highest BCUT2D eigenvalue weighted by atomic mass is 32.2. The maximum absolute atomic E-state index is 11.2. The van der Waals surface area contributed by atoms with Crippen LogP contribution in [0.1, 0.15) is 33.6 Å². The molecule has 1 heterocycles. The Morgan fingerprint density at radius 2 is 2.07 bits per heavy atom. The number of sulfone groups is 1. The van der Waals surface area contributed by atoms with E-state index in [-0.39, 0.29) is 6.04 Å². The summed E-state index contributed by atoms with van der Waals surface area (Å²) in [4.78, 5) is 0. The molecule has 4 heteroatoms. The van der Waals surface area contributed by atoms with Crippen LogP contribution in [0.15, 0.2) is 0 Å². The SMILES string of the molecule is CCC(NC1CCS(=O)(=O)C1)C(C)C. The van der Waals surface area contributed by atoms with Gasteiger partial charge in [0, 0.05) is 12.1 Å². The van der Waals surface area contributed by atoms with Gasteiger partial charge in [-0.25, -0.2) is 8.42 Å². The molecule has 0 spiro atoms. The van der Waals surface area contributed by atoms with Crippen molar-refractivity contribution >= 4 is 9.84 Å². The molecule has 0 saturated carbocycles. The lowest BCUT2D eigenvalue weighted by molar-refractivity contribution is 0.354. The van der Waals surface area contributed by atoms with E-state index in [0.29, 0.717) is 23.5 Å². The summed E-state index contributed by atoms with van der Waals surface area (Å²) in [6.07, 6.45) is 1.85. The third-order valence-corrected chi connectivity index (χ3v) is 4.69. The standard InChI is InChI=1S/C10H21NO2S/c1-4-10(8(2)3)11-9-5-6-14(12,13)7-9/h8-11H,4-7H2,1-3H3. The van der Waals surface area contributed by atoms with E-state index >= 15 is 0 Å². The van der Waals surface area contributed by atoms with Gasteiger partial charge in [-0.2, -0.15) is 0 Å². The van der Waals surface area contributed by atoms with E-state index in [1.165, 1.54) is 0 Å². The maximum Gasteiger partial charge on any atom is 0.151 e. The van der Waals surface area contributed by atoms with Crippen LogP contribution in [-0.2, 0) is 9.84 Å². The minimum atomic E-state index is -2.74. The second-order valence-corrected chi connectivity index (χ2v) is 6.75. The predicted molar refractivity (Wildman–Crippen MR) is 59.1 cm³/mol. The average molecular weight is 219 g/mol. The summed E-state index contributed by atoms with van der Waals surface area (Å²) in [6, 6.07) is 0.639. The quantitative estimate of drug-likeness (QED) is 0.773. The van der Waals surface area contributed by atoms with Crippen LogP contribution >= 0.6 is 0 Å². The van der Waals surface area contributed by atoms with Gasteiger partial charge in [0.05, 0.1) is 11.5 Å². The summed E-state index contributed by atoms with van der Waals surface area (Å²) in [5, 5.41) is 3.44. The highest BCUT2D eigenvalue weighted by Gasteiger charge is 2.29. The van der Waals surface area contributed by atoms with Gasteiger partial charge in [-0.05, 0) is 18.8 Å². The van der Waals surface area contributed by atoms with E-state index in [1.54, 1.807) is 0 Å². The van der Waals surface area contributed by atoms with Gasteiger partial charge in [-0.15, -0.1) is 0 Å². The van der Waals surface area contributed by atoms with Gasteiger partial charge in [0.25, 0.3) is 0 Å². The van der Waals surface area contributed by atoms with E-state index in [4.69, 9.17) is 0 Å². The van der Waals surface area contributed by atoms with Crippen molar-refractivity contribution in [2.24, 2.45) is 5.92 Å². The molecule has 1 aliphatic heterocycles. The zero-order valence-corrected chi connectivity index (χ0v) is 10.1. The molecule has 0 aromatic rings. The van der Waals surface area contributed by atoms with E-state index in [2.05, 4.69) is 26.1 Å². The van der Waals surface area contributed by atoms with Crippen molar-refractivity contribution in [3.63, 3.8) is 0 Å². The number of rotatable bonds is 4. The largest absolute Gasteiger partial charge is 0.310 e. The van der Waals surface area contributed by atoms with Crippen molar-refractivity contribution in [3.8, 4) is 0 Å². The second kappa shape index (κ2) is 4.62. The topological polar surface area (TPSA) is 46.2 Å². The lowest BCUT2D eigenvalue weighted by Gasteiger charge is -2.24. The molecule has 0 aliphatic carbocycles. The van der Waals surface area contributed by atoms with Gasteiger partial charge in [0.15, 0.2) is 9.84 Å². The summed E-state index contributed by atoms with van der Waals surface area (Å²) < 4.78 is 22.5. The Morgan fingerprint density at radius 1 is 1.43 bits per heavy atom. The minimum absolute atomic E-state index is 0.187. The van der Waals surface area contributed by atoms with Gasteiger partial charge in [-0.1, -0.05) is 20.8 Å². The van der Waals surface area contributed by atoms with Crippen LogP contribution < -0.4 is 5.32 Å². The molecule has 3 nitrogen and oxygen atoms in total. The molecule has 2 unspecified atom stereocenters. The predicted octanol–water partition coefficient (Wildman–Crippen LogP) is 1.20. The van der Waals surface area contributed by atoms with Crippen LogP contribution in [0.4, 0.5) is 0 Å². The van der Waals surface area contributed by atoms with Gasteiger partial charge in [0.1, 0.15) is 0 Å². The molecular formula is C10H21NO2S. The monoisotopic (exact) mass is 219 g/mol. The Balaban J connectivity index is 2.45. The van der Waals surface area contributed by atoms with Crippen molar-refractivity contribution in [2.45, 2.75) is 45.7 Å². The van der Waals surface area contributed by atoms with Crippen LogP contribution in [0.2, 0.25) is 0 Å². The van der Waals surface area contributed by atoms with Crippen molar-refractivity contribution in [1.82, 2.24) is 5.32 Å². The number of hydrogen-bond donors (Lipinski definition) is 1. The van der Waals surface area contributed by atoms with E-state index < -0.39 is 9.84 Å². The molecular weight excluding hydrogens is 198 g/mol. The summed E-state index contributed by atoms with van der Waals surface area (Å²) >= 11 is 0. The molecule has 0 aromatic heterocycles. The molecule has 1 saturated heterocycles. The fourth-order valence-electron chi connectivity index (χ4n) is 2.01. The Morgan fingerprint density at radius 3 is 2.43 bits per heavy atom. The summed E-state index contributed by atoms with van der Waals surface area (Å²) in [7, 11) is -2.74. The molecule has 14 heavy (non-hydrogen) atoms. The fraction of sp³-hybridized carbons (Fsp3) is 1.00. The first-order valence-electron chi connectivity index (χ1n) is 5.41. The molecule has 1 N–H and O–H groups in total. The average Bonchev–Trinajstić information content (AvgIpc) is 2.41. The molecule has 0 radical (unpaired) electrons. The van der Waals surface area contributed by atoms with Crippen LogP contribution in [0.25, 0.3) is 0 Å². The fourth-order valence-corrected chi connectivity index (χ4v) is 3.70. The Hall–Kier alpha value is -0.0900. The lowest BCUT2D eigenvalue weighted by atomic mass is 10.0. The lowest BCUT2D eigenvalue weighted by Crippen LogP contribution is -2.41. The van der Waals surface area contributed by atoms with Crippen molar-refractivity contribution in [1.29, 1.82) is 0 Å². The molecule has 0 amide bonds. The second-order valence-electron chi connectivity index (χ2n) is 4.53. The first kappa shape index (κ1) is 12.0. The third-order valence-electron chi connectivity index (χ3n) is 2.93. The van der Waals surface area contributed by atoms with Crippen LogP contribution in [0.3, 0.4) is 0 Å². The van der Waals surface area contributed by atoms with Gasteiger partial charge < -0.3 is 5.32 Å². The van der Waals surface area contributed by atoms with E-state index in [0.717, 1.165) is 12.8 Å². The van der Waals surface area contributed by atoms with Gasteiger partial charge in [-0.3, -0.25) is 0 Å². The van der Waals surface area contributed by atoms with Gasteiger partial charge in [0.2, 0.25) is 0 Å². The van der Waals surface area contributed by atoms with Crippen molar-refractivity contribution in [3.05, 3.63) is 0 Å². The zero-order chi connectivity index (χ0) is 10.8. The van der Waals surface area contributed by atoms with Gasteiger partial charge >= 0.3 is 0 Å². The summed E-state index contributed by atoms with van der Waals surface area (Å²) in [6.45, 7) is 6.48. The maximum atomic E-state index is 11.2. The molecule has 2 atom stereocenters. The molecule has 0 bridgehead atoms. The van der Waals surface area contributed by atoms with Crippen LogP contribution in [0.5, 0.6) is 0 Å². The summed E-state index contributed by atoms with van der Waals surface area (Å²) in [5.74, 6) is 1.26. The zero-order valence-electron chi connectivity index (χ0n) is 9.29. The van der Waals surface area contributed by atoms with Crippen molar-refractivity contribution < 1.29 is 8.42 Å². The highest BCUT2D eigenvalue weighted by molar-refractivity contribution is 7.91.